The SMILES string of the molecule is O=C(O)CCCCCCNC(=O)C1CCCN1C(=O)c1ccc2c(c1)OCO2. The number of carboxylic acids is 1. The predicted octanol–water partition coefficient (Wildman–Crippen LogP) is 2.17. The highest BCUT2D eigenvalue weighted by atomic mass is 16.7. The van der Waals surface area contributed by atoms with Crippen LogP contribution in [-0.2, 0) is 9.59 Å². The van der Waals surface area contributed by atoms with Crippen molar-refractivity contribution in [2.75, 3.05) is 19.9 Å². The Morgan fingerprint density at radius 1 is 1.11 bits per heavy atom. The monoisotopic (exact) mass is 390 g/mol. The highest BCUT2D eigenvalue weighted by molar-refractivity contribution is 5.98. The lowest BCUT2D eigenvalue weighted by Crippen LogP contribution is -2.46. The minimum Gasteiger partial charge on any atom is -0.481 e. The number of likely N-dealkylation sites (tertiary alicyclic amines) is 1. The third-order valence-electron chi connectivity index (χ3n) is 5.05. The number of nitrogens with one attached hydrogen (secondary N) is 1. The maximum atomic E-state index is 12.9. The molecule has 1 saturated heterocycles. The van der Waals surface area contributed by atoms with E-state index in [4.69, 9.17) is 14.6 Å². The van der Waals surface area contributed by atoms with Crippen LogP contribution in [-0.4, -0.2) is 53.7 Å². The van der Waals surface area contributed by atoms with Gasteiger partial charge in [0.2, 0.25) is 12.7 Å². The van der Waals surface area contributed by atoms with Crippen LogP contribution >= 0.6 is 0 Å². The van der Waals surface area contributed by atoms with E-state index in [-0.39, 0.29) is 25.0 Å². The van der Waals surface area contributed by atoms with Crippen LogP contribution in [0.5, 0.6) is 11.5 Å². The number of amides is 2. The van der Waals surface area contributed by atoms with Crippen LogP contribution in [0.15, 0.2) is 18.2 Å². The molecule has 2 N–H and O–H groups in total. The molecule has 8 heteroatoms. The molecule has 152 valence electrons. The number of aliphatic carboxylic acids is 1. The molecule has 3 rings (SSSR count). The van der Waals surface area contributed by atoms with Crippen LogP contribution in [0.25, 0.3) is 0 Å². The molecule has 0 aliphatic carbocycles. The van der Waals surface area contributed by atoms with Crippen molar-refractivity contribution in [3.8, 4) is 11.5 Å². The molecule has 1 aromatic rings. The van der Waals surface area contributed by atoms with E-state index in [9.17, 15) is 14.4 Å². The Morgan fingerprint density at radius 3 is 2.71 bits per heavy atom. The first-order valence-electron chi connectivity index (χ1n) is 9.76. The Kier molecular flexibility index (Phi) is 6.73. The summed E-state index contributed by atoms with van der Waals surface area (Å²) in [6.45, 7) is 1.24. The van der Waals surface area contributed by atoms with E-state index in [1.54, 1.807) is 23.1 Å². The summed E-state index contributed by atoms with van der Waals surface area (Å²) in [4.78, 5) is 37.5. The Morgan fingerprint density at radius 2 is 1.89 bits per heavy atom. The zero-order valence-corrected chi connectivity index (χ0v) is 15.8. The Hall–Kier alpha value is -2.77. The summed E-state index contributed by atoms with van der Waals surface area (Å²) in [5, 5.41) is 11.5. The number of benzene rings is 1. The molecule has 0 saturated carbocycles. The first kappa shape index (κ1) is 20.0. The number of unbranched alkanes of at least 4 members (excludes halogenated alkanes) is 3. The van der Waals surface area contributed by atoms with Gasteiger partial charge in [-0.1, -0.05) is 12.8 Å². The van der Waals surface area contributed by atoms with Crippen LogP contribution in [0.4, 0.5) is 0 Å². The van der Waals surface area contributed by atoms with E-state index in [0.29, 0.717) is 43.0 Å². The molecule has 2 heterocycles. The molecule has 1 unspecified atom stereocenters. The number of hydrogen-bond acceptors (Lipinski definition) is 5. The summed E-state index contributed by atoms with van der Waals surface area (Å²) in [5.41, 5.74) is 0.488. The van der Waals surface area contributed by atoms with Crippen molar-refractivity contribution in [2.45, 2.75) is 51.0 Å². The van der Waals surface area contributed by atoms with Crippen molar-refractivity contribution in [2.24, 2.45) is 0 Å². The second-order valence-corrected chi connectivity index (χ2v) is 7.07. The quantitative estimate of drug-likeness (QED) is 0.626. The van der Waals surface area contributed by atoms with Crippen LogP contribution in [0.2, 0.25) is 0 Å². The number of ether oxygens (including phenoxy) is 2. The van der Waals surface area contributed by atoms with Gasteiger partial charge in [-0.15, -0.1) is 0 Å². The Bertz CT molecular complexity index is 735. The standard InChI is InChI=1S/C20H26N2O6/c23-18(24)7-3-1-2-4-10-21-19(25)15-6-5-11-22(15)20(26)14-8-9-16-17(12-14)28-13-27-16/h8-9,12,15H,1-7,10-11,13H2,(H,21,25)(H,23,24). The molecule has 2 aliphatic heterocycles. The number of rotatable bonds is 9. The molecule has 0 aromatic heterocycles. The maximum Gasteiger partial charge on any atom is 0.303 e. The molecule has 1 atom stereocenters. The van der Waals surface area contributed by atoms with Gasteiger partial charge in [0.05, 0.1) is 0 Å². The van der Waals surface area contributed by atoms with E-state index < -0.39 is 12.0 Å². The lowest BCUT2D eigenvalue weighted by atomic mass is 10.1. The third kappa shape index (κ3) is 4.94. The zero-order chi connectivity index (χ0) is 19.9. The minimum absolute atomic E-state index is 0.128. The highest BCUT2D eigenvalue weighted by Gasteiger charge is 2.34. The molecule has 0 bridgehead atoms. The average molecular weight is 390 g/mol. The van der Waals surface area contributed by atoms with E-state index in [1.807, 2.05) is 0 Å². The second-order valence-electron chi connectivity index (χ2n) is 7.07. The van der Waals surface area contributed by atoms with E-state index >= 15 is 0 Å². The lowest BCUT2D eigenvalue weighted by molar-refractivity contribution is -0.137. The van der Waals surface area contributed by atoms with Gasteiger partial charge in [-0.3, -0.25) is 14.4 Å². The number of nitrogens with zero attached hydrogens (tertiary/aromatic N) is 1. The van der Waals surface area contributed by atoms with Crippen molar-refractivity contribution in [1.29, 1.82) is 0 Å². The summed E-state index contributed by atoms with van der Waals surface area (Å²) in [6, 6.07) is 4.62. The normalized spacial score (nSPS) is 17.6. The highest BCUT2D eigenvalue weighted by Crippen LogP contribution is 2.33. The van der Waals surface area contributed by atoms with Gasteiger partial charge in [0.25, 0.3) is 5.91 Å². The molecule has 2 aliphatic rings. The molecule has 1 fully saturated rings. The van der Waals surface area contributed by atoms with Gasteiger partial charge in [-0.25, -0.2) is 0 Å². The van der Waals surface area contributed by atoms with Gasteiger partial charge < -0.3 is 24.8 Å². The number of carboxylic acid groups (broad SMARTS) is 1. The maximum absolute atomic E-state index is 12.9. The lowest BCUT2D eigenvalue weighted by Gasteiger charge is -2.24. The van der Waals surface area contributed by atoms with Gasteiger partial charge in [-0.2, -0.15) is 0 Å². The van der Waals surface area contributed by atoms with Gasteiger partial charge in [-0.05, 0) is 43.9 Å². The van der Waals surface area contributed by atoms with Crippen LogP contribution < -0.4 is 14.8 Å². The van der Waals surface area contributed by atoms with E-state index in [0.717, 1.165) is 25.7 Å². The number of fused-ring (bicyclic) bond motifs is 1. The van der Waals surface area contributed by atoms with Gasteiger partial charge in [0.15, 0.2) is 11.5 Å². The summed E-state index contributed by atoms with van der Waals surface area (Å²) in [7, 11) is 0. The van der Waals surface area contributed by atoms with Crippen molar-refractivity contribution < 1.29 is 29.0 Å². The van der Waals surface area contributed by atoms with Crippen LogP contribution in [0.1, 0.15) is 55.3 Å². The summed E-state index contributed by atoms with van der Waals surface area (Å²) < 4.78 is 10.6. The van der Waals surface area contributed by atoms with Crippen molar-refractivity contribution >= 4 is 17.8 Å². The Balaban J connectivity index is 1.46. The fourth-order valence-electron chi connectivity index (χ4n) is 3.56. The molecule has 8 nitrogen and oxygen atoms in total. The van der Waals surface area contributed by atoms with Crippen LogP contribution in [0, 0.1) is 0 Å². The molecular weight excluding hydrogens is 364 g/mol. The van der Waals surface area contributed by atoms with Crippen molar-refractivity contribution in [3.05, 3.63) is 23.8 Å². The molecule has 0 spiro atoms. The topological polar surface area (TPSA) is 105 Å². The molecule has 1 aromatic carbocycles. The minimum atomic E-state index is -0.776. The molecule has 2 amide bonds. The molecule has 0 radical (unpaired) electrons. The number of carbonyl (C=O) groups is 3. The third-order valence-corrected chi connectivity index (χ3v) is 5.05. The largest absolute Gasteiger partial charge is 0.481 e. The van der Waals surface area contributed by atoms with Gasteiger partial charge in [0, 0.05) is 25.1 Å². The summed E-state index contributed by atoms with van der Waals surface area (Å²) in [6.07, 6.45) is 4.80. The zero-order valence-electron chi connectivity index (χ0n) is 15.8. The molecular formula is C20H26N2O6. The fraction of sp³-hybridized carbons (Fsp3) is 0.550. The predicted molar refractivity (Wildman–Crippen MR) is 100 cm³/mol. The molecule has 28 heavy (non-hydrogen) atoms. The van der Waals surface area contributed by atoms with Gasteiger partial charge >= 0.3 is 5.97 Å². The van der Waals surface area contributed by atoms with Gasteiger partial charge in [0.1, 0.15) is 6.04 Å². The number of hydrogen-bond donors (Lipinski definition) is 2. The Labute approximate surface area is 163 Å². The summed E-state index contributed by atoms with van der Waals surface area (Å²) in [5.74, 6) is 0.0908. The van der Waals surface area contributed by atoms with Crippen LogP contribution in [0.3, 0.4) is 0 Å². The smallest absolute Gasteiger partial charge is 0.303 e. The van der Waals surface area contributed by atoms with E-state index in [1.165, 1.54) is 0 Å². The fourth-order valence-corrected chi connectivity index (χ4v) is 3.56. The second kappa shape index (κ2) is 9.43. The average Bonchev–Trinajstić information content (AvgIpc) is 3.34. The first-order valence-corrected chi connectivity index (χ1v) is 9.76. The van der Waals surface area contributed by atoms with Crippen molar-refractivity contribution in [1.82, 2.24) is 10.2 Å². The summed E-state index contributed by atoms with van der Waals surface area (Å²) >= 11 is 0. The van der Waals surface area contributed by atoms with Crippen molar-refractivity contribution in [3.63, 3.8) is 0 Å². The first-order chi connectivity index (χ1) is 13.6. The van der Waals surface area contributed by atoms with E-state index in [2.05, 4.69) is 5.32 Å². The number of carbonyl (C=O) groups excluding carboxylic acids is 2.